The van der Waals surface area contributed by atoms with Crippen molar-refractivity contribution in [2.75, 3.05) is 5.32 Å². The van der Waals surface area contributed by atoms with Gasteiger partial charge in [-0.2, -0.15) is 0 Å². The van der Waals surface area contributed by atoms with Crippen LogP contribution in [0.25, 0.3) is 0 Å². The van der Waals surface area contributed by atoms with Crippen molar-refractivity contribution in [3.8, 4) is 0 Å². The van der Waals surface area contributed by atoms with E-state index >= 15 is 0 Å². The molecule has 4 nitrogen and oxygen atoms in total. The molecule has 5 heteroatoms. The molecule has 0 saturated heterocycles. The summed E-state index contributed by atoms with van der Waals surface area (Å²) in [7, 11) is 0. The number of thiocarbonyl (C=S) groups is 1. The van der Waals surface area contributed by atoms with E-state index in [0.29, 0.717) is 22.0 Å². The number of benzene rings is 1. The predicted octanol–water partition coefficient (Wildman–Crippen LogP) is 2.78. The fourth-order valence-corrected chi connectivity index (χ4v) is 1.82. The highest BCUT2D eigenvalue weighted by atomic mass is 32.1. The standard InChI is InChI=1S/C14H14N2O2S/c1-8-3-4-10(13(15)19)7-11(8)16-14(17)12-9(2)5-6-18-12/h3-7H,1-2H3,(H2,15,19)(H,16,17). The molecule has 0 aliphatic rings. The number of furan rings is 1. The van der Waals surface area contributed by atoms with E-state index < -0.39 is 0 Å². The van der Waals surface area contributed by atoms with E-state index in [9.17, 15) is 4.79 Å². The van der Waals surface area contributed by atoms with E-state index in [1.165, 1.54) is 6.26 Å². The highest BCUT2D eigenvalue weighted by Gasteiger charge is 2.14. The third kappa shape index (κ3) is 2.82. The molecule has 3 N–H and O–H groups in total. The van der Waals surface area contributed by atoms with Crippen molar-refractivity contribution in [2.24, 2.45) is 5.73 Å². The van der Waals surface area contributed by atoms with Crippen molar-refractivity contribution in [1.82, 2.24) is 0 Å². The van der Waals surface area contributed by atoms with Crippen LogP contribution in [0.4, 0.5) is 5.69 Å². The Morgan fingerprint density at radius 1 is 1.26 bits per heavy atom. The second kappa shape index (κ2) is 5.24. The zero-order valence-corrected chi connectivity index (χ0v) is 11.5. The molecular weight excluding hydrogens is 260 g/mol. The van der Waals surface area contributed by atoms with Gasteiger partial charge >= 0.3 is 0 Å². The number of carbonyl (C=O) groups excluding carboxylic acids is 1. The van der Waals surface area contributed by atoms with Gasteiger partial charge in [-0.15, -0.1) is 0 Å². The summed E-state index contributed by atoms with van der Waals surface area (Å²) in [5, 5.41) is 2.80. The number of amides is 1. The molecular formula is C14H14N2O2S. The predicted molar refractivity (Wildman–Crippen MR) is 78.5 cm³/mol. The third-order valence-corrected chi connectivity index (χ3v) is 3.07. The number of carbonyl (C=O) groups is 1. The minimum Gasteiger partial charge on any atom is -0.459 e. The summed E-state index contributed by atoms with van der Waals surface area (Å²) in [5.41, 5.74) is 8.69. The van der Waals surface area contributed by atoms with Gasteiger partial charge in [0.2, 0.25) is 0 Å². The van der Waals surface area contributed by atoms with E-state index in [1.54, 1.807) is 12.1 Å². The average Bonchev–Trinajstić information content (AvgIpc) is 2.78. The quantitative estimate of drug-likeness (QED) is 0.844. The number of hydrogen-bond donors (Lipinski definition) is 2. The molecule has 0 aliphatic heterocycles. The molecule has 1 amide bonds. The van der Waals surface area contributed by atoms with Crippen molar-refractivity contribution >= 4 is 28.8 Å². The van der Waals surface area contributed by atoms with Crippen LogP contribution in [0, 0.1) is 13.8 Å². The van der Waals surface area contributed by atoms with E-state index in [1.807, 2.05) is 26.0 Å². The van der Waals surface area contributed by atoms with Gasteiger partial charge < -0.3 is 15.5 Å². The van der Waals surface area contributed by atoms with Crippen molar-refractivity contribution in [1.29, 1.82) is 0 Å². The van der Waals surface area contributed by atoms with E-state index in [0.717, 1.165) is 11.1 Å². The zero-order valence-electron chi connectivity index (χ0n) is 10.7. The van der Waals surface area contributed by atoms with Gasteiger partial charge in [0.1, 0.15) is 4.99 Å². The highest BCUT2D eigenvalue weighted by Crippen LogP contribution is 2.19. The van der Waals surface area contributed by atoms with E-state index in [4.69, 9.17) is 22.4 Å². The summed E-state index contributed by atoms with van der Waals surface area (Å²) in [6.07, 6.45) is 1.49. The van der Waals surface area contributed by atoms with E-state index in [-0.39, 0.29) is 5.91 Å². The van der Waals surface area contributed by atoms with Crippen molar-refractivity contribution < 1.29 is 9.21 Å². The summed E-state index contributed by atoms with van der Waals surface area (Å²) >= 11 is 4.93. The monoisotopic (exact) mass is 274 g/mol. The number of nitrogens with two attached hydrogens (primary N) is 1. The highest BCUT2D eigenvalue weighted by molar-refractivity contribution is 7.80. The Morgan fingerprint density at radius 2 is 2.00 bits per heavy atom. The fraction of sp³-hybridized carbons (Fsp3) is 0.143. The fourth-order valence-electron chi connectivity index (χ4n) is 1.69. The molecule has 1 aromatic carbocycles. The first-order valence-electron chi connectivity index (χ1n) is 5.75. The SMILES string of the molecule is Cc1ccc(C(N)=S)cc1NC(=O)c1occc1C. The van der Waals surface area contributed by atoms with Gasteiger partial charge in [0.25, 0.3) is 5.91 Å². The maximum atomic E-state index is 12.1. The molecule has 0 spiro atoms. The Kier molecular flexibility index (Phi) is 3.66. The summed E-state index contributed by atoms with van der Waals surface area (Å²) in [6, 6.07) is 7.19. The molecule has 0 aliphatic carbocycles. The Bertz CT molecular complexity index is 647. The molecule has 0 radical (unpaired) electrons. The molecule has 2 rings (SSSR count). The zero-order chi connectivity index (χ0) is 14.0. The van der Waals surface area contributed by atoms with Crippen molar-refractivity contribution in [3.63, 3.8) is 0 Å². The number of nitrogens with one attached hydrogen (secondary N) is 1. The Morgan fingerprint density at radius 3 is 2.58 bits per heavy atom. The smallest absolute Gasteiger partial charge is 0.291 e. The molecule has 98 valence electrons. The summed E-state index contributed by atoms with van der Waals surface area (Å²) in [5.74, 6) is 0.0193. The minimum atomic E-state index is -0.286. The van der Waals surface area contributed by atoms with Crippen LogP contribution in [0.15, 0.2) is 34.9 Å². The first kappa shape index (κ1) is 13.3. The van der Waals surface area contributed by atoms with Gasteiger partial charge in [-0.1, -0.05) is 24.4 Å². The number of rotatable bonds is 3. The Labute approximate surface area is 116 Å². The lowest BCUT2D eigenvalue weighted by Crippen LogP contribution is -2.15. The van der Waals surface area contributed by atoms with Crippen LogP contribution in [0.1, 0.15) is 27.2 Å². The molecule has 1 aromatic heterocycles. The van der Waals surface area contributed by atoms with Gasteiger partial charge in [0.05, 0.1) is 6.26 Å². The molecule has 0 saturated carbocycles. The average molecular weight is 274 g/mol. The maximum Gasteiger partial charge on any atom is 0.291 e. The lowest BCUT2D eigenvalue weighted by Gasteiger charge is -2.09. The molecule has 2 aromatic rings. The normalized spacial score (nSPS) is 10.2. The number of anilines is 1. The lowest BCUT2D eigenvalue weighted by atomic mass is 10.1. The van der Waals surface area contributed by atoms with E-state index in [2.05, 4.69) is 5.32 Å². The van der Waals surface area contributed by atoms with Gasteiger partial charge in [-0.25, -0.2) is 0 Å². The minimum absolute atomic E-state index is 0.286. The Hall–Kier alpha value is -2.14. The first-order chi connectivity index (χ1) is 8.99. The molecule has 1 heterocycles. The summed E-state index contributed by atoms with van der Waals surface area (Å²) < 4.78 is 5.15. The van der Waals surface area contributed by atoms with Crippen LogP contribution in [0.3, 0.4) is 0 Å². The van der Waals surface area contributed by atoms with Crippen LogP contribution >= 0.6 is 12.2 Å². The third-order valence-electron chi connectivity index (χ3n) is 2.84. The van der Waals surface area contributed by atoms with Crippen molar-refractivity contribution in [3.05, 3.63) is 53.0 Å². The maximum absolute atomic E-state index is 12.1. The van der Waals surface area contributed by atoms with Crippen LogP contribution in [-0.4, -0.2) is 10.9 Å². The summed E-state index contributed by atoms with van der Waals surface area (Å²) in [4.78, 5) is 12.4. The van der Waals surface area contributed by atoms with Gasteiger partial charge in [-0.05, 0) is 31.5 Å². The van der Waals surface area contributed by atoms with Gasteiger partial charge in [0, 0.05) is 16.8 Å². The first-order valence-corrected chi connectivity index (χ1v) is 6.16. The molecule has 0 bridgehead atoms. The largest absolute Gasteiger partial charge is 0.459 e. The van der Waals surface area contributed by atoms with Crippen LogP contribution in [-0.2, 0) is 0 Å². The molecule has 19 heavy (non-hydrogen) atoms. The van der Waals surface area contributed by atoms with Gasteiger partial charge in [-0.3, -0.25) is 4.79 Å². The van der Waals surface area contributed by atoms with Crippen molar-refractivity contribution in [2.45, 2.75) is 13.8 Å². The van der Waals surface area contributed by atoms with Gasteiger partial charge in [0.15, 0.2) is 5.76 Å². The summed E-state index contributed by atoms with van der Waals surface area (Å²) in [6.45, 7) is 3.71. The second-order valence-corrected chi connectivity index (χ2v) is 4.72. The van der Waals surface area contributed by atoms with Crippen LogP contribution in [0.2, 0.25) is 0 Å². The number of aryl methyl sites for hydroxylation is 2. The topological polar surface area (TPSA) is 68.3 Å². The van der Waals surface area contributed by atoms with Crippen LogP contribution in [0.5, 0.6) is 0 Å². The molecule has 0 atom stereocenters. The van der Waals surface area contributed by atoms with Crippen LogP contribution < -0.4 is 11.1 Å². The Balaban J connectivity index is 2.28. The molecule has 0 fully saturated rings. The lowest BCUT2D eigenvalue weighted by molar-refractivity contribution is 0.0996. The number of hydrogen-bond acceptors (Lipinski definition) is 3. The second-order valence-electron chi connectivity index (χ2n) is 4.28. The molecule has 0 unspecified atom stereocenters.